The summed E-state index contributed by atoms with van der Waals surface area (Å²) in [6, 6.07) is 7.79. The topological polar surface area (TPSA) is 56.4 Å². The fourth-order valence-electron chi connectivity index (χ4n) is 4.54. The first-order valence-electron chi connectivity index (χ1n) is 9.51. The van der Waals surface area contributed by atoms with E-state index in [1.807, 2.05) is 30.9 Å². The number of nitrogens with one attached hydrogen (secondary N) is 1. The number of H-pyrrole nitrogens is 1. The van der Waals surface area contributed by atoms with Crippen molar-refractivity contribution in [3.8, 4) is 0 Å². The number of carbonyl (C=O) groups is 2. The maximum absolute atomic E-state index is 13.2. The number of nitrogens with zero attached hydrogens (tertiary/aromatic N) is 2. The van der Waals surface area contributed by atoms with Gasteiger partial charge in [-0.1, -0.05) is 32.0 Å². The van der Waals surface area contributed by atoms with Gasteiger partial charge < -0.3 is 14.8 Å². The number of aromatic amines is 1. The van der Waals surface area contributed by atoms with Crippen LogP contribution < -0.4 is 0 Å². The Kier molecular flexibility index (Phi) is 3.86. The zero-order valence-corrected chi connectivity index (χ0v) is 16.0. The summed E-state index contributed by atoms with van der Waals surface area (Å²) in [5.41, 5.74) is 2.79. The number of para-hydroxylation sites is 1. The number of carbonyl (C=O) groups excluding carboxylic acids is 2. The molecule has 138 valence electrons. The lowest BCUT2D eigenvalue weighted by Gasteiger charge is -2.51. The molecule has 0 spiro atoms. The van der Waals surface area contributed by atoms with Crippen LogP contribution in [0.2, 0.25) is 0 Å². The van der Waals surface area contributed by atoms with Gasteiger partial charge in [-0.2, -0.15) is 0 Å². The van der Waals surface area contributed by atoms with Gasteiger partial charge in [0, 0.05) is 29.6 Å². The molecule has 1 atom stereocenters. The van der Waals surface area contributed by atoms with Crippen LogP contribution in [0.5, 0.6) is 0 Å². The van der Waals surface area contributed by atoms with Crippen LogP contribution in [0.3, 0.4) is 0 Å². The van der Waals surface area contributed by atoms with E-state index in [9.17, 15) is 9.59 Å². The first-order chi connectivity index (χ1) is 12.3. The number of aromatic nitrogens is 1. The second-order valence-electron chi connectivity index (χ2n) is 8.51. The van der Waals surface area contributed by atoms with Crippen LogP contribution in [0.25, 0.3) is 10.9 Å². The first-order valence-corrected chi connectivity index (χ1v) is 9.51. The zero-order valence-electron chi connectivity index (χ0n) is 16.0. The number of piperazine rings is 1. The van der Waals surface area contributed by atoms with E-state index in [-0.39, 0.29) is 18.4 Å². The van der Waals surface area contributed by atoms with Crippen molar-refractivity contribution in [2.75, 3.05) is 13.1 Å². The Labute approximate surface area is 154 Å². The first kappa shape index (κ1) is 17.1. The van der Waals surface area contributed by atoms with E-state index in [0.29, 0.717) is 18.9 Å². The van der Waals surface area contributed by atoms with Crippen molar-refractivity contribution < 1.29 is 9.59 Å². The van der Waals surface area contributed by atoms with E-state index in [0.717, 1.165) is 23.0 Å². The Morgan fingerprint density at radius 1 is 1.23 bits per heavy atom. The van der Waals surface area contributed by atoms with Crippen LogP contribution >= 0.6 is 0 Å². The van der Waals surface area contributed by atoms with Crippen molar-refractivity contribution in [1.82, 2.24) is 14.8 Å². The predicted molar refractivity (Wildman–Crippen MR) is 102 cm³/mol. The van der Waals surface area contributed by atoms with Crippen LogP contribution in [-0.4, -0.2) is 45.7 Å². The second kappa shape index (κ2) is 5.86. The number of hydrogen-bond donors (Lipinski definition) is 1. The molecule has 2 aliphatic rings. The summed E-state index contributed by atoms with van der Waals surface area (Å²) in [6.45, 7) is 9.23. The van der Waals surface area contributed by atoms with E-state index in [2.05, 4.69) is 31.0 Å². The van der Waals surface area contributed by atoms with Gasteiger partial charge in [-0.15, -0.1) is 0 Å². The molecule has 3 heterocycles. The third-order valence-corrected chi connectivity index (χ3v) is 5.90. The Hall–Kier alpha value is -2.30. The number of amides is 2. The summed E-state index contributed by atoms with van der Waals surface area (Å²) in [5, 5.41) is 1.16. The standard InChI is InChI=1S/C21H27N3O2/c1-13(2)9-10-23-12-18(25)24-17(20(23)26)11-15-14-7-5-6-8-16(14)22-19(15)21(24,3)4/h5-8,13,17,22H,9-12H2,1-4H3/t17-/m0/s1. The molecule has 0 radical (unpaired) electrons. The highest BCUT2D eigenvalue weighted by Gasteiger charge is 2.51. The Balaban J connectivity index is 1.76. The highest BCUT2D eigenvalue weighted by Crippen LogP contribution is 2.42. The molecule has 0 aliphatic carbocycles. The third kappa shape index (κ3) is 2.44. The lowest BCUT2D eigenvalue weighted by atomic mass is 9.82. The molecule has 2 aliphatic heterocycles. The lowest BCUT2D eigenvalue weighted by Crippen LogP contribution is -2.67. The summed E-state index contributed by atoms with van der Waals surface area (Å²) < 4.78 is 0. The summed E-state index contributed by atoms with van der Waals surface area (Å²) in [6.07, 6.45) is 1.51. The SMILES string of the molecule is CC(C)CCN1CC(=O)N2[C@@H](Cc3c([nH]c4ccccc34)C2(C)C)C1=O. The monoisotopic (exact) mass is 353 g/mol. The quantitative estimate of drug-likeness (QED) is 0.922. The molecule has 5 nitrogen and oxygen atoms in total. The minimum absolute atomic E-state index is 0.0488. The van der Waals surface area contributed by atoms with Crippen LogP contribution in [0, 0.1) is 5.92 Å². The Morgan fingerprint density at radius 2 is 1.96 bits per heavy atom. The molecule has 1 N–H and O–H groups in total. The van der Waals surface area contributed by atoms with Gasteiger partial charge in [-0.3, -0.25) is 9.59 Å². The molecule has 5 heteroatoms. The molecule has 4 rings (SSSR count). The van der Waals surface area contributed by atoms with Gasteiger partial charge in [0.1, 0.15) is 6.04 Å². The molecule has 0 unspecified atom stereocenters. The van der Waals surface area contributed by atoms with E-state index < -0.39 is 11.6 Å². The molecular formula is C21H27N3O2. The maximum atomic E-state index is 13.2. The van der Waals surface area contributed by atoms with Crippen molar-refractivity contribution in [1.29, 1.82) is 0 Å². The molecule has 1 fully saturated rings. The van der Waals surface area contributed by atoms with Crippen molar-refractivity contribution in [3.63, 3.8) is 0 Å². The van der Waals surface area contributed by atoms with Crippen molar-refractivity contribution in [3.05, 3.63) is 35.5 Å². The Morgan fingerprint density at radius 3 is 2.69 bits per heavy atom. The minimum Gasteiger partial charge on any atom is -0.356 e. The molecule has 1 saturated heterocycles. The Bertz CT molecular complexity index is 881. The lowest BCUT2D eigenvalue weighted by molar-refractivity contribution is -0.164. The number of benzene rings is 1. The molecule has 26 heavy (non-hydrogen) atoms. The molecule has 0 bridgehead atoms. The molecule has 2 amide bonds. The summed E-state index contributed by atoms with van der Waals surface area (Å²) in [5.74, 6) is 0.654. The van der Waals surface area contributed by atoms with Gasteiger partial charge in [-0.05, 0) is 37.8 Å². The molecule has 1 aromatic carbocycles. The second-order valence-corrected chi connectivity index (χ2v) is 8.51. The van der Waals surface area contributed by atoms with E-state index in [1.54, 1.807) is 4.90 Å². The highest BCUT2D eigenvalue weighted by molar-refractivity contribution is 5.97. The van der Waals surface area contributed by atoms with E-state index in [1.165, 1.54) is 5.56 Å². The summed E-state index contributed by atoms with van der Waals surface area (Å²) in [7, 11) is 0. The molecule has 0 saturated carbocycles. The number of rotatable bonds is 3. The van der Waals surface area contributed by atoms with Crippen LogP contribution in [0.15, 0.2) is 24.3 Å². The van der Waals surface area contributed by atoms with Crippen molar-refractivity contribution in [2.24, 2.45) is 5.92 Å². The maximum Gasteiger partial charge on any atom is 0.246 e. The molecule has 2 aromatic rings. The average molecular weight is 353 g/mol. The fraction of sp³-hybridized carbons (Fsp3) is 0.524. The molecular weight excluding hydrogens is 326 g/mol. The van der Waals surface area contributed by atoms with E-state index >= 15 is 0 Å². The fourth-order valence-corrected chi connectivity index (χ4v) is 4.54. The third-order valence-electron chi connectivity index (χ3n) is 5.90. The number of fused-ring (bicyclic) bond motifs is 4. The van der Waals surface area contributed by atoms with Crippen LogP contribution in [0.4, 0.5) is 0 Å². The van der Waals surface area contributed by atoms with Crippen LogP contribution in [-0.2, 0) is 21.5 Å². The zero-order chi connectivity index (χ0) is 18.6. The average Bonchev–Trinajstić information content (AvgIpc) is 2.96. The van der Waals surface area contributed by atoms with Gasteiger partial charge in [0.15, 0.2) is 0 Å². The largest absolute Gasteiger partial charge is 0.356 e. The van der Waals surface area contributed by atoms with Crippen LogP contribution in [0.1, 0.15) is 45.4 Å². The van der Waals surface area contributed by atoms with Crippen molar-refractivity contribution >= 4 is 22.7 Å². The summed E-state index contributed by atoms with van der Waals surface area (Å²) in [4.78, 5) is 33.3. The van der Waals surface area contributed by atoms with Gasteiger partial charge in [-0.25, -0.2) is 0 Å². The van der Waals surface area contributed by atoms with Gasteiger partial charge in [0.25, 0.3) is 0 Å². The van der Waals surface area contributed by atoms with Gasteiger partial charge in [0.2, 0.25) is 11.8 Å². The smallest absolute Gasteiger partial charge is 0.246 e. The van der Waals surface area contributed by atoms with Crippen molar-refractivity contribution in [2.45, 2.75) is 52.1 Å². The van der Waals surface area contributed by atoms with Gasteiger partial charge >= 0.3 is 0 Å². The number of hydrogen-bond acceptors (Lipinski definition) is 2. The minimum atomic E-state index is -0.520. The highest BCUT2D eigenvalue weighted by atomic mass is 16.2. The predicted octanol–water partition coefficient (Wildman–Crippen LogP) is 3.04. The normalized spacial score (nSPS) is 22.1. The van der Waals surface area contributed by atoms with E-state index in [4.69, 9.17) is 0 Å². The molecule has 1 aromatic heterocycles. The van der Waals surface area contributed by atoms with Gasteiger partial charge in [0.05, 0.1) is 12.1 Å². The summed E-state index contributed by atoms with van der Waals surface area (Å²) >= 11 is 0.